The highest BCUT2D eigenvalue weighted by Gasteiger charge is 2.17. The summed E-state index contributed by atoms with van der Waals surface area (Å²) in [5, 5.41) is 5.71. The molecule has 0 spiro atoms. The van der Waals surface area contributed by atoms with Gasteiger partial charge < -0.3 is 15.1 Å². The second-order valence-corrected chi connectivity index (χ2v) is 7.12. The third-order valence-corrected chi connectivity index (χ3v) is 5.14. The van der Waals surface area contributed by atoms with E-state index in [0.29, 0.717) is 0 Å². The molecule has 0 aromatic carbocycles. The van der Waals surface area contributed by atoms with Crippen LogP contribution in [0.5, 0.6) is 0 Å². The van der Waals surface area contributed by atoms with Crippen molar-refractivity contribution in [3.05, 3.63) is 22.4 Å². The van der Waals surface area contributed by atoms with Crippen LogP contribution in [0.2, 0.25) is 0 Å². The van der Waals surface area contributed by atoms with Gasteiger partial charge in [-0.25, -0.2) is 0 Å². The van der Waals surface area contributed by atoms with Gasteiger partial charge in [-0.2, -0.15) is 0 Å². The summed E-state index contributed by atoms with van der Waals surface area (Å²) < 4.78 is 0. The molecule has 1 saturated heterocycles. The number of hydrogen-bond acceptors (Lipinski definition) is 4. The smallest absolute Gasteiger partial charge is 0.0104 e. The average Bonchev–Trinajstić information content (AvgIpc) is 2.94. The Morgan fingerprint density at radius 3 is 2.85 bits per heavy atom. The summed E-state index contributed by atoms with van der Waals surface area (Å²) in [7, 11) is 4.50. The Balaban J connectivity index is 1.48. The third-order valence-electron chi connectivity index (χ3n) is 4.21. The molecule has 4 heteroatoms. The van der Waals surface area contributed by atoms with Crippen LogP contribution in [-0.2, 0) is 6.42 Å². The van der Waals surface area contributed by atoms with Crippen LogP contribution in [0.1, 0.15) is 17.7 Å². The molecule has 0 atom stereocenters. The monoisotopic (exact) mass is 295 g/mol. The Labute approximate surface area is 128 Å². The van der Waals surface area contributed by atoms with Crippen molar-refractivity contribution < 1.29 is 0 Å². The lowest BCUT2D eigenvalue weighted by molar-refractivity contribution is 0.176. The predicted molar refractivity (Wildman–Crippen MR) is 88.6 cm³/mol. The minimum atomic E-state index is 0.905. The van der Waals surface area contributed by atoms with Crippen molar-refractivity contribution >= 4 is 11.3 Å². The average molecular weight is 295 g/mol. The van der Waals surface area contributed by atoms with Crippen molar-refractivity contribution in [1.82, 2.24) is 15.1 Å². The molecule has 1 aromatic heterocycles. The number of likely N-dealkylation sites (N-methyl/N-ethyl adjacent to an activating group) is 1. The molecular formula is C16H29N3S. The van der Waals surface area contributed by atoms with Crippen LogP contribution in [0, 0.1) is 5.92 Å². The molecule has 1 fully saturated rings. The summed E-state index contributed by atoms with van der Waals surface area (Å²) in [6.07, 6.45) is 3.90. The molecule has 20 heavy (non-hydrogen) atoms. The van der Waals surface area contributed by atoms with Gasteiger partial charge in [0.2, 0.25) is 0 Å². The van der Waals surface area contributed by atoms with Crippen LogP contribution in [-0.4, -0.2) is 63.2 Å². The Hall–Kier alpha value is -0.420. The summed E-state index contributed by atoms with van der Waals surface area (Å²) in [5.41, 5.74) is 0. The maximum atomic E-state index is 3.56. The molecule has 0 unspecified atom stereocenters. The standard InChI is InChI=1S/C16H29N3S/c1-18-10-6-15(7-11-18)14-19(2)12-9-17-8-5-16-4-3-13-20-16/h3-4,13,15,17H,5-12,14H2,1-2H3. The maximum absolute atomic E-state index is 3.56. The summed E-state index contributed by atoms with van der Waals surface area (Å²) >= 11 is 1.86. The van der Waals surface area contributed by atoms with Gasteiger partial charge in [-0.15, -0.1) is 11.3 Å². The largest absolute Gasteiger partial charge is 0.315 e. The zero-order chi connectivity index (χ0) is 14.2. The van der Waals surface area contributed by atoms with Crippen LogP contribution in [0.25, 0.3) is 0 Å². The predicted octanol–water partition coefficient (Wildman–Crippen LogP) is 2.15. The number of likely N-dealkylation sites (tertiary alicyclic amines) is 1. The highest BCUT2D eigenvalue weighted by atomic mass is 32.1. The number of thiophene rings is 1. The van der Waals surface area contributed by atoms with E-state index < -0.39 is 0 Å². The molecule has 1 N–H and O–H groups in total. The normalized spacial score (nSPS) is 17.9. The summed E-state index contributed by atoms with van der Waals surface area (Å²) in [6, 6.07) is 4.36. The number of hydrogen-bond donors (Lipinski definition) is 1. The first-order valence-electron chi connectivity index (χ1n) is 7.84. The first kappa shape index (κ1) is 16.0. The lowest BCUT2D eigenvalue weighted by Crippen LogP contribution is -2.38. The van der Waals surface area contributed by atoms with Gasteiger partial charge in [-0.3, -0.25) is 0 Å². The molecule has 0 amide bonds. The van der Waals surface area contributed by atoms with Crippen LogP contribution in [0.4, 0.5) is 0 Å². The fourth-order valence-electron chi connectivity index (χ4n) is 2.84. The van der Waals surface area contributed by atoms with Gasteiger partial charge in [-0.05, 0) is 63.8 Å². The van der Waals surface area contributed by atoms with E-state index in [2.05, 4.69) is 46.7 Å². The highest BCUT2D eigenvalue weighted by Crippen LogP contribution is 2.16. The molecule has 1 aliphatic heterocycles. The van der Waals surface area contributed by atoms with Crippen molar-refractivity contribution in [2.24, 2.45) is 5.92 Å². The van der Waals surface area contributed by atoms with Gasteiger partial charge in [0.25, 0.3) is 0 Å². The molecule has 1 aliphatic rings. The van der Waals surface area contributed by atoms with E-state index in [0.717, 1.165) is 32.0 Å². The van der Waals surface area contributed by atoms with E-state index in [1.165, 1.54) is 37.4 Å². The Kier molecular flexibility index (Phi) is 7.00. The third kappa shape index (κ3) is 5.92. The fourth-order valence-corrected chi connectivity index (χ4v) is 3.55. The number of nitrogens with one attached hydrogen (secondary N) is 1. The zero-order valence-corrected chi connectivity index (χ0v) is 13.8. The molecule has 3 nitrogen and oxygen atoms in total. The van der Waals surface area contributed by atoms with E-state index in [1.54, 1.807) is 0 Å². The first-order valence-corrected chi connectivity index (χ1v) is 8.72. The minimum absolute atomic E-state index is 0.905. The van der Waals surface area contributed by atoms with Gasteiger partial charge in [0.1, 0.15) is 0 Å². The van der Waals surface area contributed by atoms with Crippen molar-refractivity contribution in [3.63, 3.8) is 0 Å². The number of rotatable bonds is 8. The van der Waals surface area contributed by atoms with Gasteiger partial charge >= 0.3 is 0 Å². The lowest BCUT2D eigenvalue weighted by atomic mass is 9.97. The molecule has 0 bridgehead atoms. The van der Waals surface area contributed by atoms with E-state index >= 15 is 0 Å². The number of nitrogens with zero attached hydrogens (tertiary/aromatic N) is 2. The van der Waals surface area contributed by atoms with Crippen molar-refractivity contribution in [1.29, 1.82) is 0 Å². The van der Waals surface area contributed by atoms with Crippen LogP contribution >= 0.6 is 11.3 Å². The van der Waals surface area contributed by atoms with Crippen molar-refractivity contribution in [3.8, 4) is 0 Å². The van der Waals surface area contributed by atoms with Gasteiger partial charge in [0.15, 0.2) is 0 Å². The maximum Gasteiger partial charge on any atom is 0.0104 e. The van der Waals surface area contributed by atoms with E-state index in [1.807, 2.05) is 11.3 Å². The molecule has 0 radical (unpaired) electrons. The van der Waals surface area contributed by atoms with Crippen molar-refractivity contribution in [2.75, 3.05) is 53.4 Å². The van der Waals surface area contributed by atoms with E-state index in [4.69, 9.17) is 0 Å². The zero-order valence-electron chi connectivity index (χ0n) is 13.0. The fraction of sp³-hybridized carbons (Fsp3) is 0.750. The van der Waals surface area contributed by atoms with Gasteiger partial charge in [0, 0.05) is 31.1 Å². The van der Waals surface area contributed by atoms with Crippen LogP contribution in [0.3, 0.4) is 0 Å². The molecule has 0 saturated carbocycles. The summed E-state index contributed by atoms with van der Waals surface area (Å²) in [5.74, 6) is 0.905. The molecule has 0 aliphatic carbocycles. The summed E-state index contributed by atoms with van der Waals surface area (Å²) in [4.78, 5) is 6.42. The van der Waals surface area contributed by atoms with E-state index in [9.17, 15) is 0 Å². The van der Waals surface area contributed by atoms with Crippen molar-refractivity contribution in [2.45, 2.75) is 19.3 Å². The quantitative estimate of drug-likeness (QED) is 0.742. The lowest BCUT2D eigenvalue weighted by Gasteiger charge is -2.31. The highest BCUT2D eigenvalue weighted by molar-refractivity contribution is 7.09. The van der Waals surface area contributed by atoms with Crippen LogP contribution < -0.4 is 5.32 Å². The second-order valence-electron chi connectivity index (χ2n) is 6.09. The minimum Gasteiger partial charge on any atom is -0.315 e. The summed E-state index contributed by atoms with van der Waals surface area (Å²) in [6.45, 7) is 7.18. The molecule has 2 heterocycles. The molecule has 2 rings (SSSR count). The Morgan fingerprint density at radius 1 is 1.35 bits per heavy atom. The molecular weight excluding hydrogens is 266 g/mol. The molecule has 114 valence electrons. The topological polar surface area (TPSA) is 18.5 Å². The van der Waals surface area contributed by atoms with Gasteiger partial charge in [0.05, 0.1) is 0 Å². The number of piperidine rings is 1. The van der Waals surface area contributed by atoms with E-state index in [-0.39, 0.29) is 0 Å². The SMILES string of the molecule is CN1CCC(CN(C)CCNCCc2cccs2)CC1. The second kappa shape index (κ2) is 8.78. The first-order chi connectivity index (χ1) is 9.74. The Morgan fingerprint density at radius 2 is 2.15 bits per heavy atom. The van der Waals surface area contributed by atoms with Gasteiger partial charge in [-0.1, -0.05) is 6.07 Å². The Bertz CT molecular complexity index is 345. The molecule has 1 aromatic rings. The van der Waals surface area contributed by atoms with Crippen LogP contribution in [0.15, 0.2) is 17.5 Å².